The van der Waals surface area contributed by atoms with Crippen LogP contribution in [0.25, 0.3) is 0 Å². The van der Waals surface area contributed by atoms with Gasteiger partial charge in [0.25, 0.3) is 10.0 Å². The van der Waals surface area contributed by atoms with E-state index >= 15 is 0 Å². The number of hydrogen-bond donors (Lipinski definition) is 2. The summed E-state index contributed by atoms with van der Waals surface area (Å²) in [5.74, 6) is 0.515. The molecule has 3 rings (SSSR count). The van der Waals surface area contributed by atoms with Gasteiger partial charge in [-0.05, 0) is 24.5 Å². The molecule has 0 saturated heterocycles. The normalized spacial score (nSPS) is 15.2. The summed E-state index contributed by atoms with van der Waals surface area (Å²) in [7, 11) is -3.63. The number of nitrogens with zero attached hydrogens (tertiary/aromatic N) is 1. The van der Waals surface area contributed by atoms with Crippen LogP contribution < -0.4 is 10.5 Å². The summed E-state index contributed by atoms with van der Waals surface area (Å²) in [6, 6.07) is 6.73. The fraction of sp³-hybridized carbons (Fsp3) is 0.308. The van der Waals surface area contributed by atoms with Crippen LogP contribution in [0.3, 0.4) is 0 Å². The van der Waals surface area contributed by atoms with Crippen molar-refractivity contribution >= 4 is 26.5 Å². The number of rotatable bonds is 5. The van der Waals surface area contributed by atoms with Crippen molar-refractivity contribution in [2.45, 2.75) is 30.2 Å². The first-order valence-corrected chi connectivity index (χ1v) is 8.72. The molecule has 0 radical (unpaired) electrons. The van der Waals surface area contributed by atoms with Crippen LogP contribution >= 0.6 is 11.3 Å². The number of anilines is 1. The average molecular weight is 309 g/mol. The summed E-state index contributed by atoms with van der Waals surface area (Å²) in [6.07, 6.45) is 2.29. The molecular formula is C13H15N3O2S2. The van der Waals surface area contributed by atoms with Gasteiger partial charge in [-0.2, -0.15) is 0 Å². The number of thiazole rings is 1. The highest BCUT2D eigenvalue weighted by Crippen LogP contribution is 2.41. The molecule has 1 saturated carbocycles. The maximum atomic E-state index is 12.4. The Morgan fingerprint density at radius 2 is 2.10 bits per heavy atom. The number of sulfonamides is 1. The molecule has 1 aromatic heterocycles. The van der Waals surface area contributed by atoms with Gasteiger partial charge in [0.15, 0.2) is 5.13 Å². The summed E-state index contributed by atoms with van der Waals surface area (Å²) < 4.78 is 27.3. The van der Waals surface area contributed by atoms with E-state index in [1.54, 1.807) is 24.3 Å². The van der Waals surface area contributed by atoms with E-state index in [-0.39, 0.29) is 11.4 Å². The van der Waals surface area contributed by atoms with Gasteiger partial charge in [-0.3, -0.25) is 4.72 Å². The molecule has 5 nitrogen and oxygen atoms in total. The zero-order chi connectivity index (χ0) is 14.2. The van der Waals surface area contributed by atoms with Gasteiger partial charge in [0.1, 0.15) is 0 Å². The lowest BCUT2D eigenvalue weighted by atomic mass is 10.2. The van der Waals surface area contributed by atoms with Crippen molar-refractivity contribution in [2.75, 3.05) is 4.72 Å². The van der Waals surface area contributed by atoms with Gasteiger partial charge in [0.2, 0.25) is 0 Å². The third kappa shape index (κ3) is 2.70. The second kappa shape index (κ2) is 5.16. The van der Waals surface area contributed by atoms with Crippen molar-refractivity contribution in [2.24, 2.45) is 5.73 Å². The Labute approximate surface area is 121 Å². The number of nitrogens with one attached hydrogen (secondary N) is 1. The number of aromatic nitrogens is 1. The van der Waals surface area contributed by atoms with Gasteiger partial charge in [0.05, 0.1) is 10.6 Å². The third-order valence-electron chi connectivity index (χ3n) is 3.22. The standard InChI is InChI=1S/C13H15N3O2S2/c14-7-10-3-1-2-4-12(10)20(17,18)16-13-15-11(8-19-13)9-5-6-9/h1-4,8-9H,5-7,14H2,(H,15,16). The minimum absolute atomic E-state index is 0.183. The lowest BCUT2D eigenvalue weighted by molar-refractivity contribution is 0.600. The molecule has 1 aliphatic carbocycles. The Hall–Kier alpha value is -1.44. The van der Waals surface area contributed by atoms with Crippen LogP contribution in [-0.2, 0) is 16.6 Å². The van der Waals surface area contributed by atoms with Crippen molar-refractivity contribution in [3.05, 3.63) is 40.9 Å². The molecule has 1 heterocycles. The molecule has 0 bridgehead atoms. The molecule has 0 spiro atoms. The first-order chi connectivity index (χ1) is 9.60. The van der Waals surface area contributed by atoms with E-state index in [1.807, 2.05) is 5.38 Å². The topological polar surface area (TPSA) is 85.1 Å². The van der Waals surface area contributed by atoms with E-state index in [1.165, 1.54) is 11.3 Å². The second-order valence-corrected chi connectivity index (χ2v) is 7.28. The number of benzene rings is 1. The molecule has 7 heteroatoms. The van der Waals surface area contributed by atoms with Gasteiger partial charge in [-0.25, -0.2) is 13.4 Å². The summed E-state index contributed by atoms with van der Waals surface area (Å²) in [5, 5.41) is 2.34. The van der Waals surface area contributed by atoms with Crippen LogP contribution in [0.2, 0.25) is 0 Å². The van der Waals surface area contributed by atoms with Crippen molar-refractivity contribution in [3.8, 4) is 0 Å². The lowest BCUT2D eigenvalue weighted by Gasteiger charge is -2.09. The van der Waals surface area contributed by atoms with Crippen LogP contribution in [0.15, 0.2) is 34.5 Å². The van der Waals surface area contributed by atoms with Crippen molar-refractivity contribution in [1.82, 2.24) is 4.98 Å². The smallest absolute Gasteiger partial charge is 0.263 e. The van der Waals surface area contributed by atoms with Crippen LogP contribution in [-0.4, -0.2) is 13.4 Å². The molecule has 0 aliphatic heterocycles. The molecule has 3 N–H and O–H groups in total. The Bertz CT molecular complexity index is 721. The average Bonchev–Trinajstić information content (AvgIpc) is 3.20. The van der Waals surface area contributed by atoms with Crippen LogP contribution in [0.5, 0.6) is 0 Å². The van der Waals surface area contributed by atoms with E-state index < -0.39 is 10.0 Å². The first-order valence-electron chi connectivity index (χ1n) is 6.36. The number of nitrogens with two attached hydrogens (primary N) is 1. The van der Waals surface area contributed by atoms with Crippen molar-refractivity contribution in [1.29, 1.82) is 0 Å². The summed E-state index contributed by atoms with van der Waals surface area (Å²) in [6.45, 7) is 0.183. The van der Waals surface area contributed by atoms with E-state index in [9.17, 15) is 8.42 Å². The molecular weight excluding hydrogens is 294 g/mol. The third-order valence-corrected chi connectivity index (χ3v) is 5.57. The highest BCUT2D eigenvalue weighted by molar-refractivity contribution is 7.93. The summed E-state index contributed by atoms with van der Waals surface area (Å²) in [4.78, 5) is 4.55. The summed E-state index contributed by atoms with van der Waals surface area (Å²) in [5.41, 5.74) is 7.17. The predicted molar refractivity (Wildman–Crippen MR) is 79.2 cm³/mol. The minimum Gasteiger partial charge on any atom is -0.326 e. The van der Waals surface area contributed by atoms with E-state index in [0.29, 0.717) is 16.6 Å². The maximum absolute atomic E-state index is 12.4. The molecule has 1 aliphatic rings. The molecule has 1 fully saturated rings. The van der Waals surface area contributed by atoms with Crippen molar-refractivity contribution in [3.63, 3.8) is 0 Å². The van der Waals surface area contributed by atoms with E-state index in [4.69, 9.17) is 5.73 Å². The van der Waals surface area contributed by atoms with E-state index in [2.05, 4.69) is 9.71 Å². The fourth-order valence-corrected chi connectivity index (χ4v) is 4.30. The van der Waals surface area contributed by atoms with Gasteiger partial charge in [0, 0.05) is 17.8 Å². The Balaban J connectivity index is 1.87. The monoisotopic (exact) mass is 309 g/mol. The van der Waals surface area contributed by atoms with Crippen LogP contribution in [0.4, 0.5) is 5.13 Å². The van der Waals surface area contributed by atoms with Gasteiger partial charge < -0.3 is 5.73 Å². The number of hydrogen-bond acceptors (Lipinski definition) is 5. The van der Waals surface area contributed by atoms with Crippen LogP contribution in [0, 0.1) is 0 Å². The lowest BCUT2D eigenvalue weighted by Crippen LogP contribution is -2.16. The quantitative estimate of drug-likeness (QED) is 0.887. The van der Waals surface area contributed by atoms with Crippen molar-refractivity contribution < 1.29 is 8.42 Å². The van der Waals surface area contributed by atoms with Gasteiger partial charge in [-0.15, -0.1) is 11.3 Å². The fourth-order valence-electron chi connectivity index (χ4n) is 2.00. The minimum atomic E-state index is -3.63. The molecule has 2 aromatic rings. The molecule has 0 unspecified atom stereocenters. The Morgan fingerprint density at radius 1 is 1.35 bits per heavy atom. The zero-order valence-electron chi connectivity index (χ0n) is 10.7. The summed E-state index contributed by atoms with van der Waals surface area (Å²) >= 11 is 1.32. The highest BCUT2D eigenvalue weighted by atomic mass is 32.2. The molecule has 0 atom stereocenters. The molecule has 1 aromatic carbocycles. The Kier molecular flexibility index (Phi) is 3.49. The largest absolute Gasteiger partial charge is 0.326 e. The predicted octanol–water partition coefficient (Wildman–Crippen LogP) is 2.28. The highest BCUT2D eigenvalue weighted by Gasteiger charge is 2.27. The van der Waals surface area contributed by atoms with E-state index in [0.717, 1.165) is 18.5 Å². The second-order valence-electron chi connectivity index (χ2n) is 4.77. The van der Waals surface area contributed by atoms with Gasteiger partial charge in [-0.1, -0.05) is 18.2 Å². The molecule has 20 heavy (non-hydrogen) atoms. The molecule has 0 amide bonds. The van der Waals surface area contributed by atoms with Gasteiger partial charge >= 0.3 is 0 Å². The molecule has 106 valence electrons. The Morgan fingerprint density at radius 3 is 2.80 bits per heavy atom. The van der Waals surface area contributed by atoms with Crippen LogP contribution in [0.1, 0.15) is 30.0 Å². The maximum Gasteiger partial charge on any atom is 0.263 e. The first kappa shape index (κ1) is 13.5. The zero-order valence-corrected chi connectivity index (χ0v) is 12.4. The SMILES string of the molecule is NCc1ccccc1S(=O)(=O)Nc1nc(C2CC2)cs1.